The molecule has 2 unspecified atom stereocenters. The van der Waals surface area contributed by atoms with Gasteiger partial charge in [-0.3, -0.25) is 23.7 Å². The topological polar surface area (TPSA) is 186 Å². The zero-order valence-electron chi connectivity index (χ0n) is 13.5. The van der Waals surface area contributed by atoms with Gasteiger partial charge in [-0.15, -0.1) is 0 Å². The van der Waals surface area contributed by atoms with Crippen molar-refractivity contribution < 1.29 is 49.1 Å². The van der Waals surface area contributed by atoms with Crippen molar-refractivity contribution in [2.45, 2.75) is 38.5 Å². The Morgan fingerprint density at radius 2 is 1.00 bits per heavy atom. The normalized spacial score (nSPS) is 15.7. The Labute approximate surface area is 143 Å². The van der Waals surface area contributed by atoms with E-state index >= 15 is 0 Å². The molecule has 10 nitrogen and oxygen atoms in total. The van der Waals surface area contributed by atoms with Gasteiger partial charge in [0.1, 0.15) is 0 Å². The van der Waals surface area contributed by atoms with E-state index in [0.717, 1.165) is 0 Å². The molecule has 0 aliphatic rings. The van der Waals surface area contributed by atoms with E-state index in [1.807, 2.05) is 0 Å². The van der Waals surface area contributed by atoms with Crippen LogP contribution in [-0.2, 0) is 23.7 Å². The quantitative estimate of drug-likeness (QED) is 0.273. The zero-order valence-corrected chi connectivity index (χ0v) is 14.4. The first-order valence-electron chi connectivity index (χ1n) is 7.64. The van der Waals surface area contributed by atoms with Gasteiger partial charge in [0.25, 0.3) is 0 Å². The smallest absolute Gasteiger partial charge is 0.306 e. The van der Waals surface area contributed by atoms with Gasteiger partial charge in [0.05, 0.1) is 11.8 Å². The van der Waals surface area contributed by atoms with Crippen LogP contribution in [0.3, 0.4) is 0 Å². The molecule has 0 saturated carbocycles. The fraction of sp³-hybridized carbons (Fsp3) is 0.714. The molecule has 0 rings (SSSR count). The molecule has 5 N–H and O–H groups in total. The summed E-state index contributed by atoms with van der Waals surface area (Å²) < 4.78 is 12.1. The summed E-state index contributed by atoms with van der Waals surface area (Å²) in [5, 5.41) is 35.1. The molecular weight excluding hydrogens is 359 g/mol. The number of hydrogen-bond acceptors (Lipinski definition) is 5. The number of hydrogen-bond donors (Lipinski definition) is 5. The highest BCUT2D eigenvalue weighted by Crippen LogP contribution is 2.44. The Bertz CT molecular complexity index is 500. The maximum absolute atomic E-state index is 12.1. The van der Waals surface area contributed by atoms with Crippen LogP contribution in [0.25, 0.3) is 0 Å². The molecule has 0 amide bonds. The van der Waals surface area contributed by atoms with Crippen molar-refractivity contribution in [1.29, 1.82) is 0 Å². The minimum absolute atomic E-state index is 0.166. The van der Waals surface area contributed by atoms with Gasteiger partial charge in [0, 0.05) is 25.2 Å². The molecule has 0 aliphatic carbocycles. The van der Waals surface area contributed by atoms with Crippen LogP contribution in [0.2, 0.25) is 0 Å². The van der Waals surface area contributed by atoms with E-state index in [9.17, 15) is 28.6 Å². The van der Waals surface area contributed by atoms with Gasteiger partial charge in [-0.2, -0.15) is 0 Å². The van der Waals surface area contributed by atoms with Crippen molar-refractivity contribution in [2.75, 3.05) is 12.3 Å². The molecule has 0 aromatic rings. The highest BCUT2D eigenvalue weighted by atomic mass is 31.2. The molecule has 0 aromatic heterocycles. The fourth-order valence-electron chi connectivity index (χ4n) is 2.20. The molecule has 0 spiro atoms. The molecule has 0 heterocycles. The molecule has 0 aliphatic heterocycles. The van der Waals surface area contributed by atoms with E-state index in [1.54, 1.807) is 0 Å². The molecule has 0 bridgehead atoms. The molecule has 25 heavy (non-hydrogen) atoms. The van der Waals surface area contributed by atoms with Crippen LogP contribution < -0.4 is 0 Å². The summed E-state index contributed by atoms with van der Waals surface area (Å²) in [5.74, 6) is -6.99. The van der Waals surface area contributed by atoms with E-state index in [1.165, 1.54) is 0 Å². The first-order valence-corrected chi connectivity index (χ1v) is 9.67. The summed E-state index contributed by atoms with van der Waals surface area (Å²) in [6.45, 7) is 0. The lowest BCUT2D eigenvalue weighted by Gasteiger charge is -2.17. The minimum atomic E-state index is -3.80. The lowest BCUT2D eigenvalue weighted by atomic mass is 10.0. The predicted molar refractivity (Wildman–Crippen MR) is 84.8 cm³/mol. The summed E-state index contributed by atoms with van der Waals surface area (Å²) in [4.78, 5) is 52.9. The molecular formula is C14H23O10P. The Morgan fingerprint density at radius 3 is 1.24 bits per heavy atom. The van der Waals surface area contributed by atoms with Crippen LogP contribution in [0.4, 0.5) is 0 Å². The second-order valence-corrected chi connectivity index (χ2v) is 8.39. The Morgan fingerprint density at radius 1 is 0.680 bits per heavy atom. The standard InChI is InChI=1S/C14H23O10P/c15-11(16)3-1-9(13(19)20)5-7-25(23,24)8-6-10(14(21)22)2-4-12(17)18/h9-10H,1-8H2,(H,15,16)(H,17,18)(H,19,20)(H,21,22)(H,23,24). The third kappa shape index (κ3) is 11.3. The predicted octanol–water partition coefficient (Wildman–Crippen LogP) is 1.17. The zero-order chi connectivity index (χ0) is 19.6. The van der Waals surface area contributed by atoms with Crippen LogP contribution in [0.15, 0.2) is 0 Å². The number of carboxylic acids is 4. The molecule has 2 atom stereocenters. The van der Waals surface area contributed by atoms with E-state index in [2.05, 4.69) is 0 Å². The van der Waals surface area contributed by atoms with Gasteiger partial charge in [0.2, 0.25) is 7.37 Å². The largest absolute Gasteiger partial charge is 0.481 e. The fourth-order valence-corrected chi connectivity index (χ4v) is 3.86. The van der Waals surface area contributed by atoms with Gasteiger partial charge < -0.3 is 25.3 Å². The molecule has 0 radical (unpaired) electrons. The van der Waals surface area contributed by atoms with Crippen LogP contribution in [0.1, 0.15) is 38.5 Å². The average Bonchev–Trinajstić information content (AvgIpc) is 2.45. The van der Waals surface area contributed by atoms with Gasteiger partial charge in [-0.25, -0.2) is 0 Å². The maximum Gasteiger partial charge on any atom is 0.306 e. The molecule has 11 heteroatoms. The maximum atomic E-state index is 12.1. The van der Waals surface area contributed by atoms with Crippen molar-refractivity contribution in [3.8, 4) is 0 Å². The van der Waals surface area contributed by atoms with Crippen LogP contribution >= 0.6 is 7.37 Å². The summed E-state index contributed by atoms with van der Waals surface area (Å²) in [6.07, 6.45) is -2.19. The lowest BCUT2D eigenvalue weighted by molar-refractivity contribution is -0.144. The number of carbonyl (C=O) groups is 4. The summed E-state index contributed by atoms with van der Waals surface area (Å²) >= 11 is 0. The van der Waals surface area contributed by atoms with Crippen LogP contribution in [0, 0.1) is 11.8 Å². The number of rotatable bonds is 14. The van der Waals surface area contributed by atoms with Gasteiger partial charge in [-0.05, 0) is 25.7 Å². The second kappa shape index (κ2) is 10.8. The van der Waals surface area contributed by atoms with Crippen molar-refractivity contribution in [1.82, 2.24) is 0 Å². The molecule has 0 fully saturated rings. The number of carboxylic acid groups (broad SMARTS) is 4. The van der Waals surface area contributed by atoms with Crippen LogP contribution in [-0.4, -0.2) is 61.5 Å². The monoisotopic (exact) mass is 382 g/mol. The van der Waals surface area contributed by atoms with Gasteiger partial charge in [-0.1, -0.05) is 0 Å². The minimum Gasteiger partial charge on any atom is -0.481 e. The summed E-state index contributed by atoms with van der Waals surface area (Å²) in [6, 6.07) is 0. The average molecular weight is 382 g/mol. The Kier molecular flexibility index (Phi) is 10.00. The highest BCUT2D eigenvalue weighted by Gasteiger charge is 2.27. The first kappa shape index (κ1) is 23.1. The summed E-state index contributed by atoms with van der Waals surface area (Å²) in [5.41, 5.74) is 0. The molecule has 0 aromatic carbocycles. The third-order valence-corrected chi connectivity index (χ3v) is 5.68. The van der Waals surface area contributed by atoms with Crippen molar-refractivity contribution in [3.05, 3.63) is 0 Å². The Hall–Kier alpha value is -1.93. The van der Waals surface area contributed by atoms with E-state index in [4.69, 9.17) is 20.4 Å². The molecule has 0 saturated heterocycles. The van der Waals surface area contributed by atoms with E-state index in [0.29, 0.717) is 0 Å². The van der Waals surface area contributed by atoms with Crippen LogP contribution in [0.5, 0.6) is 0 Å². The third-order valence-electron chi connectivity index (χ3n) is 3.77. The van der Waals surface area contributed by atoms with Crippen molar-refractivity contribution in [3.63, 3.8) is 0 Å². The lowest BCUT2D eigenvalue weighted by Crippen LogP contribution is -2.19. The van der Waals surface area contributed by atoms with Crippen molar-refractivity contribution in [2.24, 2.45) is 11.8 Å². The highest BCUT2D eigenvalue weighted by molar-refractivity contribution is 7.57. The first-order chi connectivity index (χ1) is 11.4. The molecule has 144 valence electrons. The second-order valence-electron chi connectivity index (χ2n) is 5.81. The number of aliphatic carboxylic acids is 4. The SMILES string of the molecule is O=C(O)CCC(CCP(=O)(O)CCC(CCC(=O)O)C(=O)O)C(=O)O. The van der Waals surface area contributed by atoms with Gasteiger partial charge >= 0.3 is 23.9 Å². The van der Waals surface area contributed by atoms with E-state index in [-0.39, 0.29) is 50.8 Å². The summed E-state index contributed by atoms with van der Waals surface area (Å²) in [7, 11) is -3.80. The Balaban J connectivity index is 4.55. The van der Waals surface area contributed by atoms with E-state index < -0.39 is 43.1 Å². The van der Waals surface area contributed by atoms with Gasteiger partial charge in [0.15, 0.2) is 0 Å². The van der Waals surface area contributed by atoms with Crippen molar-refractivity contribution >= 4 is 31.2 Å².